The predicted molar refractivity (Wildman–Crippen MR) is 142 cm³/mol. The molecule has 0 aliphatic rings. The number of halogens is 6. The van der Waals surface area contributed by atoms with Crippen molar-refractivity contribution < 1.29 is 45.4 Å². The van der Waals surface area contributed by atoms with Crippen LogP contribution in [-0.2, 0) is 9.47 Å². The van der Waals surface area contributed by atoms with E-state index in [0.29, 0.717) is 33.4 Å². The van der Waals surface area contributed by atoms with Crippen LogP contribution in [0.3, 0.4) is 0 Å². The van der Waals surface area contributed by atoms with Crippen molar-refractivity contribution in [2.24, 2.45) is 0 Å². The highest BCUT2D eigenvalue weighted by Crippen LogP contribution is 2.27. The Balaban J connectivity index is 1.90. The Hall–Kier alpha value is -5.47. The van der Waals surface area contributed by atoms with E-state index in [1.807, 2.05) is 0 Å². The topological polar surface area (TPSA) is 109 Å². The second-order valence-electron chi connectivity index (χ2n) is 9.09. The zero-order valence-electron chi connectivity index (χ0n) is 22.5. The maximum atomic E-state index is 15.4. The summed E-state index contributed by atoms with van der Waals surface area (Å²) in [4.78, 5) is 55.0. The third-order valence-corrected chi connectivity index (χ3v) is 6.43. The number of benzene rings is 2. The molecule has 9 nitrogen and oxygen atoms in total. The molecule has 0 atom stereocenters. The lowest BCUT2D eigenvalue weighted by molar-refractivity contribution is 0.0514. The second-order valence-corrected chi connectivity index (χ2v) is 9.09. The van der Waals surface area contributed by atoms with Gasteiger partial charge in [0.2, 0.25) is 10.9 Å². The van der Waals surface area contributed by atoms with Crippen LogP contribution in [-0.4, -0.2) is 39.3 Å². The van der Waals surface area contributed by atoms with E-state index in [4.69, 9.17) is 9.47 Å². The van der Waals surface area contributed by atoms with Crippen molar-refractivity contribution >= 4 is 33.7 Å². The molecular formula is C29H17F6N3O6. The van der Waals surface area contributed by atoms with Gasteiger partial charge in [-0.15, -0.1) is 0 Å². The van der Waals surface area contributed by atoms with Gasteiger partial charge >= 0.3 is 11.9 Å². The molecule has 15 heteroatoms. The van der Waals surface area contributed by atoms with Crippen molar-refractivity contribution in [1.82, 2.24) is 14.1 Å². The molecule has 0 saturated heterocycles. The summed E-state index contributed by atoms with van der Waals surface area (Å²) in [7, 11) is 0. The van der Waals surface area contributed by atoms with Gasteiger partial charge in [0.25, 0.3) is 0 Å². The average molecular weight is 617 g/mol. The molecule has 5 rings (SSSR count). The first-order chi connectivity index (χ1) is 20.9. The van der Waals surface area contributed by atoms with Gasteiger partial charge in [-0.2, -0.15) is 0 Å². The number of rotatable bonds is 6. The summed E-state index contributed by atoms with van der Waals surface area (Å²) >= 11 is 0. The van der Waals surface area contributed by atoms with Gasteiger partial charge in [-0.3, -0.25) is 18.7 Å². The molecule has 226 valence electrons. The molecule has 3 heterocycles. The van der Waals surface area contributed by atoms with Gasteiger partial charge in [-0.25, -0.2) is 40.9 Å². The summed E-state index contributed by atoms with van der Waals surface area (Å²) < 4.78 is 98.8. The number of hydrogen-bond donors (Lipinski definition) is 0. The minimum atomic E-state index is -1.48. The Bertz CT molecular complexity index is 2010. The number of pyridine rings is 3. The first-order valence-electron chi connectivity index (χ1n) is 12.7. The number of hydrogen-bond acceptors (Lipinski definition) is 7. The SMILES string of the molecule is CCOC(=O)c1cn(-c2nc(-n3cc(C(=O)OCC)c(=O)c4cc(F)c(F)cc43)c(F)cc2F)c2cc(F)c(F)cc2c1=O. The van der Waals surface area contributed by atoms with Gasteiger partial charge in [0.15, 0.2) is 46.5 Å². The summed E-state index contributed by atoms with van der Waals surface area (Å²) in [5, 5.41) is -1.20. The Morgan fingerprint density at radius 2 is 0.977 bits per heavy atom. The van der Waals surface area contributed by atoms with Crippen LogP contribution in [0.4, 0.5) is 26.3 Å². The van der Waals surface area contributed by atoms with Gasteiger partial charge in [-0.05, 0) is 26.0 Å². The van der Waals surface area contributed by atoms with Crippen molar-refractivity contribution in [3.8, 4) is 11.6 Å². The molecule has 0 saturated carbocycles. The van der Waals surface area contributed by atoms with Crippen LogP contribution in [0.15, 0.2) is 52.3 Å². The molecule has 5 aromatic rings. The molecule has 0 spiro atoms. The molecule has 0 unspecified atom stereocenters. The number of esters is 2. The normalized spacial score (nSPS) is 11.3. The van der Waals surface area contributed by atoms with E-state index < -0.39 is 102 Å². The van der Waals surface area contributed by atoms with Crippen LogP contribution in [0.2, 0.25) is 0 Å². The quantitative estimate of drug-likeness (QED) is 0.198. The number of fused-ring (bicyclic) bond motifs is 2. The van der Waals surface area contributed by atoms with Gasteiger partial charge in [0.1, 0.15) is 11.1 Å². The molecule has 2 aromatic carbocycles. The molecular weight excluding hydrogens is 600 g/mol. The monoisotopic (exact) mass is 617 g/mol. The number of carbonyl (C=O) groups is 2. The lowest BCUT2D eigenvalue weighted by Gasteiger charge is -2.17. The Kier molecular flexibility index (Phi) is 7.72. The third kappa shape index (κ3) is 4.95. The lowest BCUT2D eigenvalue weighted by Crippen LogP contribution is -2.23. The van der Waals surface area contributed by atoms with Crippen LogP contribution >= 0.6 is 0 Å². The average Bonchev–Trinajstić information content (AvgIpc) is 2.96. The molecule has 0 fully saturated rings. The molecule has 0 bridgehead atoms. The second kappa shape index (κ2) is 11.3. The van der Waals surface area contributed by atoms with Crippen molar-refractivity contribution in [3.63, 3.8) is 0 Å². The van der Waals surface area contributed by atoms with E-state index in [1.54, 1.807) is 0 Å². The molecule has 44 heavy (non-hydrogen) atoms. The predicted octanol–water partition coefficient (Wildman–Crippen LogP) is 4.88. The minimum absolute atomic E-state index is 0.194. The van der Waals surface area contributed by atoms with Gasteiger partial charge in [0, 0.05) is 30.6 Å². The number of carbonyl (C=O) groups excluding carboxylic acids is 2. The Labute approximate surface area is 241 Å². The van der Waals surface area contributed by atoms with Crippen LogP contribution in [0.25, 0.3) is 33.4 Å². The largest absolute Gasteiger partial charge is 0.462 e. The zero-order valence-corrected chi connectivity index (χ0v) is 22.5. The van der Waals surface area contributed by atoms with E-state index in [2.05, 4.69) is 4.98 Å². The van der Waals surface area contributed by atoms with Crippen molar-refractivity contribution in [2.75, 3.05) is 13.2 Å². The highest BCUT2D eigenvalue weighted by Gasteiger charge is 2.25. The smallest absolute Gasteiger partial charge is 0.343 e. The summed E-state index contributed by atoms with van der Waals surface area (Å²) in [6, 6.07) is 2.23. The third-order valence-electron chi connectivity index (χ3n) is 6.43. The van der Waals surface area contributed by atoms with E-state index in [9.17, 15) is 36.7 Å². The van der Waals surface area contributed by atoms with Crippen LogP contribution < -0.4 is 10.9 Å². The zero-order chi connectivity index (χ0) is 32.0. The van der Waals surface area contributed by atoms with E-state index in [1.165, 1.54) is 13.8 Å². The highest BCUT2D eigenvalue weighted by molar-refractivity contribution is 5.95. The molecule has 0 radical (unpaired) electrons. The number of aromatic nitrogens is 3. The van der Waals surface area contributed by atoms with Gasteiger partial charge < -0.3 is 9.47 Å². The summed E-state index contributed by atoms with van der Waals surface area (Å²) in [6.45, 7) is 2.46. The van der Waals surface area contributed by atoms with E-state index >= 15 is 8.78 Å². The highest BCUT2D eigenvalue weighted by atomic mass is 19.2. The Morgan fingerprint density at radius 3 is 1.34 bits per heavy atom. The van der Waals surface area contributed by atoms with Gasteiger partial charge in [-0.1, -0.05) is 0 Å². The standard InChI is InChI=1S/C29H17F6N3O6/c1-3-43-28(41)14-10-37(22-8-18(32)16(30)5-12(22)24(14)39)26-20(34)7-21(35)27(36-26)38-11-15(29(42)44-4-2)25(40)13-6-17(31)19(33)9-23(13)38/h5-11H,3-4H2,1-2H3. The summed E-state index contributed by atoms with van der Waals surface area (Å²) in [6.07, 6.45) is 1.44. The van der Waals surface area contributed by atoms with Crippen molar-refractivity contribution in [2.45, 2.75) is 13.8 Å². The van der Waals surface area contributed by atoms with Crippen LogP contribution in [0, 0.1) is 34.9 Å². The minimum Gasteiger partial charge on any atom is -0.462 e. The maximum absolute atomic E-state index is 15.4. The Morgan fingerprint density at radius 1 is 0.614 bits per heavy atom. The first-order valence-corrected chi connectivity index (χ1v) is 12.7. The van der Waals surface area contributed by atoms with Crippen molar-refractivity contribution in [1.29, 1.82) is 0 Å². The maximum Gasteiger partial charge on any atom is 0.343 e. The fourth-order valence-corrected chi connectivity index (χ4v) is 4.48. The summed E-state index contributed by atoms with van der Waals surface area (Å²) in [5.41, 5.74) is -4.69. The molecule has 0 N–H and O–H groups in total. The molecule has 3 aromatic heterocycles. The molecule has 0 aliphatic carbocycles. The number of nitrogens with zero attached hydrogens (tertiary/aromatic N) is 3. The van der Waals surface area contributed by atoms with Crippen LogP contribution in [0.5, 0.6) is 0 Å². The van der Waals surface area contributed by atoms with Crippen LogP contribution in [0.1, 0.15) is 34.6 Å². The first kappa shape index (κ1) is 30.0. The fraction of sp³-hybridized carbons (Fsp3) is 0.138. The van der Waals surface area contributed by atoms with E-state index in [0.717, 1.165) is 12.4 Å². The number of ether oxygens (including phenoxy) is 2. The molecule has 0 amide bonds. The van der Waals surface area contributed by atoms with E-state index in [-0.39, 0.29) is 19.3 Å². The summed E-state index contributed by atoms with van der Waals surface area (Å²) in [5.74, 6) is -13.0. The van der Waals surface area contributed by atoms with Crippen molar-refractivity contribution in [3.05, 3.63) is 109 Å². The molecule has 0 aliphatic heterocycles. The lowest BCUT2D eigenvalue weighted by atomic mass is 10.1. The van der Waals surface area contributed by atoms with Gasteiger partial charge in [0.05, 0.1) is 35.0 Å². The fourth-order valence-electron chi connectivity index (χ4n) is 4.48.